The van der Waals surface area contributed by atoms with E-state index >= 15 is 0 Å². The highest BCUT2D eigenvalue weighted by Gasteiger charge is 2.27. The third kappa shape index (κ3) is 6.93. The van der Waals surface area contributed by atoms with Gasteiger partial charge in [-0.05, 0) is 63.4 Å². The summed E-state index contributed by atoms with van der Waals surface area (Å²) in [4.78, 5) is 38.7. The molecule has 0 bridgehead atoms. The van der Waals surface area contributed by atoms with Gasteiger partial charge in [-0.15, -0.1) is 11.3 Å². The highest BCUT2D eigenvalue weighted by atomic mass is 32.1. The molecule has 0 aliphatic heterocycles. The van der Waals surface area contributed by atoms with Crippen LogP contribution in [0.3, 0.4) is 0 Å². The van der Waals surface area contributed by atoms with Gasteiger partial charge < -0.3 is 20.1 Å². The lowest BCUT2D eigenvalue weighted by atomic mass is 10.1. The molecule has 2 amide bonds. The monoisotopic (exact) mass is 494 g/mol. The quantitative estimate of drug-likeness (QED) is 0.270. The molecule has 2 aromatic carbocycles. The van der Waals surface area contributed by atoms with E-state index in [1.54, 1.807) is 13.8 Å². The second kappa shape index (κ2) is 12.2. The van der Waals surface area contributed by atoms with E-state index in [2.05, 4.69) is 10.6 Å². The first-order chi connectivity index (χ1) is 16.8. The molecule has 184 valence electrons. The van der Waals surface area contributed by atoms with Gasteiger partial charge in [0.1, 0.15) is 10.8 Å². The number of amides is 2. The lowest BCUT2D eigenvalue weighted by molar-refractivity contribution is -0.116. The summed E-state index contributed by atoms with van der Waals surface area (Å²) in [7, 11) is 0. The van der Waals surface area contributed by atoms with Crippen molar-refractivity contribution in [1.29, 1.82) is 0 Å². The Morgan fingerprint density at radius 3 is 2.40 bits per heavy atom. The van der Waals surface area contributed by atoms with Crippen LogP contribution in [0.1, 0.15) is 56.5 Å². The van der Waals surface area contributed by atoms with E-state index in [1.807, 2.05) is 62.4 Å². The number of hydrogen-bond donors (Lipinski definition) is 2. The van der Waals surface area contributed by atoms with E-state index in [4.69, 9.17) is 9.47 Å². The Morgan fingerprint density at radius 1 is 0.971 bits per heavy atom. The maximum absolute atomic E-state index is 13.1. The second-order valence-corrected chi connectivity index (χ2v) is 9.09. The van der Waals surface area contributed by atoms with Crippen LogP contribution in [0.5, 0.6) is 5.75 Å². The predicted molar refractivity (Wildman–Crippen MR) is 139 cm³/mol. The number of esters is 1. The first-order valence-corrected chi connectivity index (χ1v) is 12.3. The molecule has 7 nitrogen and oxygen atoms in total. The number of anilines is 2. The van der Waals surface area contributed by atoms with Crippen molar-refractivity contribution in [3.8, 4) is 5.75 Å². The third-order valence-electron chi connectivity index (χ3n) is 5.28. The molecule has 8 heteroatoms. The van der Waals surface area contributed by atoms with Crippen LogP contribution >= 0.6 is 11.3 Å². The van der Waals surface area contributed by atoms with Gasteiger partial charge in [0.15, 0.2) is 0 Å². The summed E-state index contributed by atoms with van der Waals surface area (Å²) in [5, 5.41) is 6.00. The first kappa shape index (κ1) is 26.0. The number of nitrogens with one attached hydrogen (secondary N) is 2. The van der Waals surface area contributed by atoms with Gasteiger partial charge in [0.25, 0.3) is 5.91 Å². The lowest BCUT2D eigenvalue weighted by Gasteiger charge is -2.09. The van der Waals surface area contributed by atoms with Crippen LogP contribution in [0, 0.1) is 20.8 Å². The molecule has 0 radical (unpaired) electrons. The number of aryl methyl sites for hydroxylation is 2. The van der Waals surface area contributed by atoms with Crippen LogP contribution in [0.15, 0.2) is 48.5 Å². The summed E-state index contributed by atoms with van der Waals surface area (Å²) in [6.07, 6.45) is 0.704. The minimum atomic E-state index is -0.575. The predicted octanol–water partition coefficient (Wildman–Crippen LogP) is 5.90. The minimum absolute atomic E-state index is 0.183. The van der Waals surface area contributed by atoms with Crippen molar-refractivity contribution in [2.45, 2.75) is 40.5 Å². The Balaban J connectivity index is 1.72. The molecule has 0 spiro atoms. The molecule has 2 N–H and O–H groups in total. The highest BCUT2D eigenvalue weighted by Crippen LogP contribution is 2.34. The molecule has 0 unspecified atom stereocenters. The average Bonchev–Trinajstić information content (AvgIpc) is 3.15. The molecular weight excluding hydrogens is 464 g/mol. The van der Waals surface area contributed by atoms with Gasteiger partial charge in [0, 0.05) is 12.1 Å². The van der Waals surface area contributed by atoms with Crippen molar-refractivity contribution >= 4 is 39.8 Å². The summed E-state index contributed by atoms with van der Waals surface area (Å²) in [5.74, 6) is -0.447. The van der Waals surface area contributed by atoms with E-state index in [0.717, 1.165) is 28.2 Å². The van der Waals surface area contributed by atoms with Crippen LogP contribution in [-0.2, 0) is 9.53 Å². The third-order valence-corrected chi connectivity index (χ3v) is 6.48. The van der Waals surface area contributed by atoms with Crippen molar-refractivity contribution in [2.24, 2.45) is 0 Å². The molecule has 0 atom stereocenters. The molecule has 0 saturated carbocycles. The number of carbonyl (C=O) groups is 3. The van der Waals surface area contributed by atoms with Gasteiger partial charge >= 0.3 is 5.97 Å². The maximum atomic E-state index is 13.1. The lowest BCUT2D eigenvalue weighted by Crippen LogP contribution is -2.15. The van der Waals surface area contributed by atoms with Gasteiger partial charge in [-0.3, -0.25) is 9.59 Å². The van der Waals surface area contributed by atoms with Crippen LogP contribution in [0.25, 0.3) is 0 Å². The van der Waals surface area contributed by atoms with Crippen molar-refractivity contribution < 1.29 is 23.9 Å². The number of carbonyl (C=O) groups excluding carboxylic acids is 3. The summed E-state index contributed by atoms with van der Waals surface area (Å²) in [5.41, 5.74) is 3.39. The van der Waals surface area contributed by atoms with E-state index in [9.17, 15) is 14.4 Å². The highest BCUT2D eigenvalue weighted by molar-refractivity contribution is 7.18. The number of para-hydroxylation sites is 1. The number of hydrogen-bond acceptors (Lipinski definition) is 6. The fraction of sp³-hybridized carbons (Fsp3) is 0.296. The zero-order chi connectivity index (χ0) is 25.4. The van der Waals surface area contributed by atoms with Gasteiger partial charge in [-0.2, -0.15) is 0 Å². The van der Waals surface area contributed by atoms with Crippen LogP contribution in [0.4, 0.5) is 10.7 Å². The zero-order valence-electron chi connectivity index (χ0n) is 20.4. The fourth-order valence-corrected chi connectivity index (χ4v) is 4.64. The minimum Gasteiger partial charge on any atom is -0.494 e. The number of benzene rings is 2. The topological polar surface area (TPSA) is 93.7 Å². The van der Waals surface area contributed by atoms with Gasteiger partial charge in [-0.1, -0.05) is 35.9 Å². The Morgan fingerprint density at radius 2 is 1.71 bits per heavy atom. The number of ether oxygens (including phenoxy) is 2. The first-order valence-electron chi connectivity index (χ1n) is 11.5. The average molecular weight is 495 g/mol. The zero-order valence-corrected chi connectivity index (χ0v) is 21.2. The largest absolute Gasteiger partial charge is 0.494 e. The van der Waals surface area contributed by atoms with E-state index in [0.29, 0.717) is 34.2 Å². The molecule has 0 aliphatic carbocycles. The van der Waals surface area contributed by atoms with Crippen LogP contribution in [-0.4, -0.2) is 31.0 Å². The molecule has 3 aromatic rings. The van der Waals surface area contributed by atoms with Gasteiger partial charge in [-0.25, -0.2) is 4.79 Å². The smallest absolute Gasteiger partial charge is 0.341 e. The van der Waals surface area contributed by atoms with E-state index < -0.39 is 5.97 Å². The van der Waals surface area contributed by atoms with Crippen molar-refractivity contribution in [3.05, 3.63) is 75.7 Å². The van der Waals surface area contributed by atoms with E-state index in [1.165, 1.54) is 0 Å². The Kier molecular flexibility index (Phi) is 9.03. The summed E-state index contributed by atoms with van der Waals surface area (Å²) < 4.78 is 10.8. The van der Waals surface area contributed by atoms with Crippen molar-refractivity contribution in [2.75, 3.05) is 23.8 Å². The summed E-state index contributed by atoms with van der Waals surface area (Å²) >= 11 is 1.07. The van der Waals surface area contributed by atoms with Gasteiger partial charge in [0.05, 0.1) is 23.7 Å². The van der Waals surface area contributed by atoms with Crippen LogP contribution in [0.2, 0.25) is 0 Å². The summed E-state index contributed by atoms with van der Waals surface area (Å²) in [6, 6.07) is 15.1. The fourth-order valence-electron chi connectivity index (χ4n) is 3.53. The molecule has 0 saturated heterocycles. The van der Waals surface area contributed by atoms with E-state index in [-0.39, 0.29) is 30.4 Å². The van der Waals surface area contributed by atoms with Crippen molar-refractivity contribution in [3.63, 3.8) is 0 Å². The normalized spacial score (nSPS) is 10.5. The van der Waals surface area contributed by atoms with Crippen LogP contribution < -0.4 is 15.4 Å². The van der Waals surface area contributed by atoms with Crippen molar-refractivity contribution in [1.82, 2.24) is 0 Å². The van der Waals surface area contributed by atoms with Gasteiger partial charge in [0.2, 0.25) is 5.91 Å². The molecule has 1 aromatic heterocycles. The Hall–Kier alpha value is -3.65. The molecule has 35 heavy (non-hydrogen) atoms. The summed E-state index contributed by atoms with van der Waals surface area (Å²) in [6.45, 7) is 7.86. The maximum Gasteiger partial charge on any atom is 0.341 e. The molecule has 1 heterocycles. The number of thiophene rings is 1. The SMILES string of the molecule is CCOC(=O)c1c(NC(=O)CCCOc2ccccc2)sc(C(=O)Nc2ccc(C)cc2C)c1C. The molecule has 0 fully saturated rings. The molecule has 3 rings (SSSR count). The Labute approximate surface area is 209 Å². The number of rotatable bonds is 10. The Bertz CT molecular complexity index is 1200. The molecule has 0 aliphatic rings. The standard InChI is InChI=1S/C27H30N2O5S/c1-5-33-27(32)23-19(4)24(25(31)28-21-14-13-17(2)16-18(21)3)35-26(23)29-22(30)12-9-15-34-20-10-7-6-8-11-20/h6-8,10-11,13-14,16H,5,9,12,15H2,1-4H3,(H,28,31)(H,29,30). The molecular formula is C27H30N2O5S. The second-order valence-electron chi connectivity index (χ2n) is 8.07.